The predicted octanol–water partition coefficient (Wildman–Crippen LogP) is 2.10. The summed E-state index contributed by atoms with van der Waals surface area (Å²) in [6.07, 6.45) is 0. The van der Waals surface area contributed by atoms with Crippen molar-refractivity contribution in [2.75, 3.05) is 5.32 Å². The average molecular weight is 399 g/mol. The van der Waals surface area contributed by atoms with E-state index in [2.05, 4.69) is 5.32 Å². The molecule has 0 aromatic heterocycles. The highest BCUT2D eigenvalue weighted by Gasteiger charge is 2.36. The molecule has 148 valence electrons. The molecule has 1 aliphatic rings. The summed E-state index contributed by atoms with van der Waals surface area (Å²) < 4.78 is 0. The van der Waals surface area contributed by atoms with Gasteiger partial charge in [0.15, 0.2) is 0 Å². The largest absolute Gasteiger partial charge is 0.545 e. The Morgan fingerprint density at radius 2 is 1.50 bits per heavy atom. The Bertz CT molecular complexity index is 1190. The molecule has 0 atom stereocenters. The number of carboxylic acids is 1. The highest BCUT2D eigenvalue weighted by atomic mass is 16.4. The summed E-state index contributed by atoms with van der Waals surface area (Å²) in [5.41, 5.74) is 1.22. The highest BCUT2D eigenvalue weighted by Crippen LogP contribution is 2.26. The molecule has 1 heterocycles. The summed E-state index contributed by atoms with van der Waals surface area (Å²) in [6.45, 7) is 0.133. The second-order valence-corrected chi connectivity index (χ2v) is 6.73. The Morgan fingerprint density at radius 3 is 2.23 bits per heavy atom. The first kappa shape index (κ1) is 19.1. The third kappa shape index (κ3) is 3.44. The molecule has 3 amide bonds. The van der Waals surface area contributed by atoms with E-state index < -0.39 is 23.7 Å². The molecule has 0 bridgehead atoms. The van der Waals surface area contributed by atoms with Crippen LogP contribution in [0.3, 0.4) is 0 Å². The number of benzene rings is 3. The van der Waals surface area contributed by atoms with Crippen LogP contribution in [0.25, 0.3) is 0 Å². The van der Waals surface area contributed by atoms with E-state index in [0.29, 0.717) is 0 Å². The van der Waals surface area contributed by atoms with Gasteiger partial charge in [0, 0.05) is 11.1 Å². The van der Waals surface area contributed by atoms with E-state index in [0.717, 1.165) is 10.5 Å². The lowest BCUT2D eigenvalue weighted by molar-refractivity contribution is -0.254. The number of anilines is 1. The molecule has 0 radical (unpaired) electrons. The SMILES string of the molecule is O=C(Nc1ccccc1C(=O)[O-])c1ccc2c(c1)C(=O)N(Cc1ccccc1)C2=O. The molecule has 7 nitrogen and oxygen atoms in total. The van der Waals surface area contributed by atoms with Crippen molar-refractivity contribution in [1.82, 2.24) is 4.90 Å². The summed E-state index contributed by atoms with van der Waals surface area (Å²) in [6, 6.07) is 19.2. The molecule has 7 heteroatoms. The van der Waals surface area contributed by atoms with Crippen LogP contribution in [0.5, 0.6) is 0 Å². The molecule has 0 saturated heterocycles. The van der Waals surface area contributed by atoms with E-state index in [1.807, 2.05) is 30.3 Å². The Balaban J connectivity index is 1.59. The number of hydrogen-bond acceptors (Lipinski definition) is 5. The number of carbonyl (C=O) groups excluding carboxylic acids is 4. The number of carbonyl (C=O) groups is 4. The maximum absolute atomic E-state index is 12.8. The Labute approximate surface area is 171 Å². The van der Waals surface area contributed by atoms with Gasteiger partial charge in [0.25, 0.3) is 17.7 Å². The van der Waals surface area contributed by atoms with E-state index in [-0.39, 0.29) is 34.5 Å². The molecule has 0 fully saturated rings. The zero-order valence-corrected chi connectivity index (χ0v) is 15.6. The van der Waals surface area contributed by atoms with E-state index in [1.54, 1.807) is 6.07 Å². The minimum atomic E-state index is -1.42. The average Bonchev–Trinajstić information content (AvgIpc) is 2.99. The molecule has 3 aromatic carbocycles. The summed E-state index contributed by atoms with van der Waals surface area (Å²) in [5.74, 6) is -2.93. The molecule has 1 aliphatic heterocycles. The number of imide groups is 1. The number of nitrogens with one attached hydrogen (secondary N) is 1. The van der Waals surface area contributed by atoms with Crippen molar-refractivity contribution < 1.29 is 24.3 Å². The molecule has 0 saturated carbocycles. The maximum atomic E-state index is 12.8. The van der Waals surface area contributed by atoms with Crippen LogP contribution < -0.4 is 10.4 Å². The van der Waals surface area contributed by atoms with Crippen LogP contribution in [0.15, 0.2) is 72.8 Å². The first-order chi connectivity index (χ1) is 14.5. The van der Waals surface area contributed by atoms with E-state index in [9.17, 15) is 24.3 Å². The topological polar surface area (TPSA) is 107 Å². The van der Waals surface area contributed by atoms with Gasteiger partial charge in [-0.05, 0) is 29.8 Å². The minimum absolute atomic E-state index is 0.0797. The molecular weight excluding hydrogens is 384 g/mol. The highest BCUT2D eigenvalue weighted by molar-refractivity contribution is 6.22. The number of aromatic carboxylic acids is 1. The van der Waals surface area contributed by atoms with Gasteiger partial charge < -0.3 is 15.2 Å². The number of carboxylic acid groups (broad SMARTS) is 1. The number of rotatable bonds is 5. The van der Waals surface area contributed by atoms with Crippen LogP contribution in [0, 0.1) is 0 Å². The number of fused-ring (bicyclic) bond motifs is 1. The van der Waals surface area contributed by atoms with Crippen molar-refractivity contribution in [3.05, 3.63) is 101 Å². The number of amides is 3. The quantitative estimate of drug-likeness (QED) is 0.661. The summed E-state index contributed by atoms with van der Waals surface area (Å²) >= 11 is 0. The number of hydrogen-bond donors (Lipinski definition) is 1. The second-order valence-electron chi connectivity index (χ2n) is 6.73. The Morgan fingerprint density at radius 1 is 0.833 bits per heavy atom. The van der Waals surface area contributed by atoms with Crippen LogP contribution >= 0.6 is 0 Å². The van der Waals surface area contributed by atoms with Gasteiger partial charge >= 0.3 is 0 Å². The number of para-hydroxylation sites is 1. The normalized spacial score (nSPS) is 12.6. The molecule has 30 heavy (non-hydrogen) atoms. The first-order valence-electron chi connectivity index (χ1n) is 9.11. The standard InChI is InChI=1S/C23H16N2O5/c26-20(24-19-9-5-4-8-17(19)23(29)30)15-10-11-16-18(12-15)22(28)25(21(16)27)13-14-6-2-1-3-7-14/h1-12H,13H2,(H,24,26)(H,29,30)/p-1. The van der Waals surface area contributed by atoms with Crippen molar-refractivity contribution in [2.45, 2.75) is 6.54 Å². The fraction of sp³-hybridized carbons (Fsp3) is 0.0435. The summed E-state index contributed by atoms with van der Waals surface area (Å²) in [4.78, 5) is 50.4. The predicted molar refractivity (Wildman–Crippen MR) is 106 cm³/mol. The van der Waals surface area contributed by atoms with Crippen LogP contribution in [-0.2, 0) is 6.54 Å². The molecular formula is C23H15N2O5-. The molecule has 0 spiro atoms. The van der Waals surface area contributed by atoms with Crippen LogP contribution in [0.1, 0.15) is 47.0 Å². The van der Waals surface area contributed by atoms with Gasteiger partial charge in [-0.2, -0.15) is 0 Å². The lowest BCUT2D eigenvalue weighted by Gasteiger charge is -2.13. The molecule has 4 rings (SSSR count). The molecule has 0 unspecified atom stereocenters. The molecule has 1 N–H and O–H groups in total. The van der Waals surface area contributed by atoms with Crippen molar-refractivity contribution >= 4 is 29.4 Å². The Hall–Kier alpha value is -4.26. The van der Waals surface area contributed by atoms with Gasteiger partial charge in [0.05, 0.1) is 29.3 Å². The molecule has 3 aromatic rings. The summed E-state index contributed by atoms with van der Waals surface area (Å²) in [7, 11) is 0. The van der Waals surface area contributed by atoms with Crippen molar-refractivity contribution in [1.29, 1.82) is 0 Å². The lowest BCUT2D eigenvalue weighted by Crippen LogP contribution is -2.29. The fourth-order valence-corrected chi connectivity index (χ4v) is 3.31. The van der Waals surface area contributed by atoms with E-state index >= 15 is 0 Å². The third-order valence-electron chi connectivity index (χ3n) is 4.81. The van der Waals surface area contributed by atoms with Gasteiger partial charge in [-0.3, -0.25) is 19.3 Å². The maximum Gasteiger partial charge on any atom is 0.261 e. The van der Waals surface area contributed by atoms with Gasteiger partial charge in [-0.1, -0.05) is 48.5 Å². The number of nitrogens with zero attached hydrogens (tertiary/aromatic N) is 1. The third-order valence-corrected chi connectivity index (χ3v) is 4.81. The van der Waals surface area contributed by atoms with Crippen LogP contribution in [0.2, 0.25) is 0 Å². The zero-order chi connectivity index (χ0) is 21.3. The zero-order valence-electron chi connectivity index (χ0n) is 15.6. The Kier molecular flexibility index (Phi) is 4.85. The monoisotopic (exact) mass is 399 g/mol. The molecule has 0 aliphatic carbocycles. The minimum Gasteiger partial charge on any atom is -0.545 e. The van der Waals surface area contributed by atoms with Crippen molar-refractivity contribution in [2.24, 2.45) is 0 Å². The van der Waals surface area contributed by atoms with Crippen LogP contribution in [0.4, 0.5) is 5.69 Å². The second kappa shape index (κ2) is 7.63. The van der Waals surface area contributed by atoms with Gasteiger partial charge in [0.2, 0.25) is 0 Å². The van der Waals surface area contributed by atoms with Gasteiger partial charge in [-0.25, -0.2) is 0 Å². The van der Waals surface area contributed by atoms with E-state index in [1.165, 1.54) is 36.4 Å². The van der Waals surface area contributed by atoms with E-state index in [4.69, 9.17) is 0 Å². The summed E-state index contributed by atoms with van der Waals surface area (Å²) in [5, 5.41) is 13.7. The van der Waals surface area contributed by atoms with Crippen LogP contribution in [-0.4, -0.2) is 28.6 Å². The fourth-order valence-electron chi connectivity index (χ4n) is 3.31. The van der Waals surface area contributed by atoms with Gasteiger partial charge in [0.1, 0.15) is 0 Å². The van der Waals surface area contributed by atoms with Crippen molar-refractivity contribution in [3.8, 4) is 0 Å². The smallest absolute Gasteiger partial charge is 0.261 e. The van der Waals surface area contributed by atoms with Crippen molar-refractivity contribution in [3.63, 3.8) is 0 Å². The first-order valence-corrected chi connectivity index (χ1v) is 9.11. The lowest BCUT2D eigenvalue weighted by atomic mass is 10.0. The van der Waals surface area contributed by atoms with Gasteiger partial charge in [-0.15, -0.1) is 0 Å².